The summed E-state index contributed by atoms with van der Waals surface area (Å²) in [6, 6.07) is -0.512. The molecule has 0 bridgehead atoms. The fourth-order valence-electron chi connectivity index (χ4n) is 3.23. The Hall–Kier alpha value is -0.800. The summed E-state index contributed by atoms with van der Waals surface area (Å²) in [5.74, 6) is -0.632. The van der Waals surface area contributed by atoms with Crippen molar-refractivity contribution < 1.29 is 23.4 Å². The van der Waals surface area contributed by atoms with Gasteiger partial charge in [-0.3, -0.25) is 4.79 Å². The van der Waals surface area contributed by atoms with E-state index in [1.807, 2.05) is 0 Å². The van der Waals surface area contributed by atoms with E-state index >= 15 is 0 Å². The first kappa shape index (κ1) is 17.6. The van der Waals surface area contributed by atoms with Crippen molar-refractivity contribution in [1.82, 2.24) is 5.32 Å². The van der Waals surface area contributed by atoms with Crippen LogP contribution in [0.2, 0.25) is 0 Å². The van der Waals surface area contributed by atoms with E-state index in [2.05, 4.69) is 5.32 Å². The third kappa shape index (κ3) is 4.36. The lowest BCUT2D eigenvalue weighted by Gasteiger charge is -2.40. The Kier molecular flexibility index (Phi) is 6.51. The summed E-state index contributed by atoms with van der Waals surface area (Å²) in [7, 11) is 1.58. The predicted octanol–water partition coefficient (Wildman–Crippen LogP) is -0.574. The van der Waals surface area contributed by atoms with Gasteiger partial charge in [0, 0.05) is 32.2 Å². The van der Waals surface area contributed by atoms with Gasteiger partial charge >= 0.3 is 0 Å². The van der Waals surface area contributed by atoms with Gasteiger partial charge < -0.3 is 31.0 Å². The van der Waals surface area contributed by atoms with Gasteiger partial charge in [-0.15, -0.1) is 0 Å². The Bertz CT molecular complexity index is 374. The fraction of sp³-hybridized carbons (Fsp3) is 0.929. The number of hydrogen-bond acceptors (Lipinski definition) is 6. The van der Waals surface area contributed by atoms with Gasteiger partial charge in [0.15, 0.2) is 13.0 Å². The van der Waals surface area contributed by atoms with Gasteiger partial charge in [-0.25, -0.2) is 4.39 Å². The summed E-state index contributed by atoms with van der Waals surface area (Å²) in [5, 5.41) is 2.63. The van der Waals surface area contributed by atoms with Gasteiger partial charge in [0.05, 0.1) is 18.3 Å². The zero-order valence-electron chi connectivity index (χ0n) is 12.9. The maximum Gasteiger partial charge on any atom is 0.251 e. The smallest absolute Gasteiger partial charge is 0.251 e. The lowest BCUT2D eigenvalue weighted by Crippen LogP contribution is -2.57. The van der Waals surface area contributed by atoms with E-state index in [4.69, 9.17) is 25.7 Å². The van der Waals surface area contributed by atoms with Crippen LogP contribution >= 0.6 is 0 Å². The second-order valence-electron chi connectivity index (χ2n) is 5.91. The number of halogens is 1. The van der Waals surface area contributed by atoms with Crippen molar-refractivity contribution in [1.29, 1.82) is 0 Å². The molecule has 1 aliphatic carbocycles. The minimum Gasteiger partial charge on any atom is -0.377 e. The number of carbonyl (C=O) groups is 1. The molecular weight excluding hydrogens is 293 g/mol. The molecule has 7 nitrogen and oxygen atoms in total. The van der Waals surface area contributed by atoms with Crippen LogP contribution in [0.5, 0.6) is 0 Å². The third-order valence-electron chi connectivity index (χ3n) is 4.28. The molecule has 0 aromatic heterocycles. The molecule has 2 aliphatic rings. The van der Waals surface area contributed by atoms with E-state index in [1.54, 1.807) is 7.11 Å². The van der Waals surface area contributed by atoms with Crippen LogP contribution in [0.4, 0.5) is 4.39 Å². The number of alkyl halides is 1. The molecule has 8 heteroatoms. The van der Waals surface area contributed by atoms with Crippen LogP contribution in [-0.2, 0) is 19.0 Å². The number of hydrogen-bond donors (Lipinski definition) is 3. The highest BCUT2D eigenvalue weighted by Gasteiger charge is 2.40. The maximum atomic E-state index is 12.4. The summed E-state index contributed by atoms with van der Waals surface area (Å²) < 4.78 is 29.5. The number of amides is 1. The molecular formula is C14H26FN3O4. The fourth-order valence-corrected chi connectivity index (χ4v) is 3.23. The van der Waals surface area contributed by atoms with Crippen LogP contribution in [0.15, 0.2) is 0 Å². The molecule has 1 saturated heterocycles. The average molecular weight is 319 g/mol. The largest absolute Gasteiger partial charge is 0.377 e. The molecule has 1 aliphatic heterocycles. The van der Waals surface area contributed by atoms with Crippen molar-refractivity contribution in [2.24, 2.45) is 11.5 Å². The van der Waals surface area contributed by atoms with Crippen molar-refractivity contribution in [2.75, 3.05) is 20.3 Å². The standard InChI is InChI=1S/C14H26FN3O4/c1-20-14-10(17)4-8(18-12(19)6-15)5-11(14)22-13-3-2-9(7-16)21-13/h8-11,13-14H,2-7,16-17H2,1H3,(H,18,19)/t8?,9?,10?,11?,13?,14-/m1/s1. The van der Waals surface area contributed by atoms with Crippen LogP contribution in [0.3, 0.4) is 0 Å². The van der Waals surface area contributed by atoms with Gasteiger partial charge in [-0.1, -0.05) is 0 Å². The van der Waals surface area contributed by atoms with Crippen LogP contribution in [0.1, 0.15) is 25.7 Å². The van der Waals surface area contributed by atoms with Crippen molar-refractivity contribution in [3.8, 4) is 0 Å². The van der Waals surface area contributed by atoms with Gasteiger partial charge in [-0.2, -0.15) is 0 Å². The molecule has 5 N–H and O–H groups in total. The number of rotatable bonds is 6. The molecule has 0 radical (unpaired) electrons. The van der Waals surface area contributed by atoms with Crippen LogP contribution in [-0.4, -0.2) is 62.9 Å². The number of nitrogens with one attached hydrogen (secondary N) is 1. The Labute approximate surface area is 129 Å². The maximum absolute atomic E-state index is 12.4. The summed E-state index contributed by atoms with van der Waals surface area (Å²) in [4.78, 5) is 11.2. The van der Waals surface area contributed by atoms with Crippen LogP contribution < -0.4 is 16.8 Å². The molecule has 0 aromatic rings. The molecule has 1 heterocycles. The highest BCUT2D eigenvalue weighted by Crippen LogP contribution is 2.28. The summed E-state index contributed by atoms with van der Waals surface area (Å²) in [5.41, 5.74) is 11.7. The molecule has 128 valence electrons. The molecule has 0 spiro atoms. The van der Waals surface area contributed by atoms with Gasteiger partial charge in [0.2, 0.25) is 0 Å². The van der Waals surface area contributed by atoms with Crippen LogP contribution in [0.25, 0.3) is 0 Å². The normalized spacial score (nSPS) is 38.9. The van der Waals surface area contributed by atoms with Crippen molar-refractivity contribution in [3.63, 3.8) is 0 Å². The van der Waals surface area contributed by atoms with E-state index in [1.165, 1.54) is 0 Å². The zero-order chi connectivity index (χ0) is 16.1. The molecule has 22 heavy (non-hydrogen) atoms. The second-order valence-corrected chi connectivity index (χ2v) is 5.91. The monoisotopic (exact) mass is 319 g/mol. The van der Waals surface area contributed by atoms with E-state index in [0.29, 0.717) is 19.4 Å². The molecule has 0 aromatic carbocycles. The molecule has 1 saturated carbocycles. The third-order valence-corrected chi connectivity index (χ3v) is 4.28. The summed E-state index contributed by atoms with van der Waals surface area (Å²) >= 11 is 0. The quantitative estimate of drug-likeness (QED) is 0.605. The highest BCUT2D eigenvalue weighted by atomic mass is 19.1. The van der Waals surface area contributed by atoms with Gasteiger partial charge in [0.1, 0.15) is 0 Å². The molecule has 2 fully saturated rings. The Balaban J connectivity index is 1.94. The van der Waals surface area contributed by atoms with Crippen molar-refractivity contribution >= 4 is 5.91 Å². The zero-order valence-corrected chi connectivity index (χ0v) is 12.9. The Morgan fingerprint density at radius 3 is 2.77 bits per heavy atom. The lowest BCUT2D eigenvalue weighted by molar-refractivity contribution is -0.199. The van der Waals surface area contributed by atoms with Gasteiger partial charge in [0.25, 0.3) is 5.91 Å². The molecule has 5 unspecified atom stereocenters. The predicted molar refractivity (Wildman–Crippen MR) is 77.7 cm³/mol. The first-order valence-electron chi connectivity index (χ1n) is 7.72. The summed E-state index contributed by atoms with van der Waals surface area (Å²) in [6.07, 6.45) is 1.78. The topological polar surface area (TPSA) is 109 Å². The first-order valence-corrected chi connectivity index (χ1v) is 7.72. The number of methoxy groups -OCH3 is 1. The highest BCUT2D eigenvalue weighted by molar-refractivity contribution is 5.77. The Morgan fingerprint density at radius 1 is 1.41 bits per heavy atom. The Morgan fingerprint density at radius 2 is 2.18 bits per heavy atom. The second kappa shape index (κ2) is 8.16. The number of carbonyl (C=O) groups excluding carboxylic acids is 1. The summed E-state index contributed by atoms with van der Waals surface area (Å²) in [6.45, 7) is -0.568. The number of nitrogens with two attached hydrogens (primary N) is 2. The average Bonchev–Trinajstić information content (AvgIpc) is 2.94. The van der Waals surface area contributed by atoms with Crippen molar-refractivity contribution in [3.05, 3.63) is 0 Å². The molecule has 2 rings (SSSR count). The van der Waals surface area contributed by atoms with E-state index < -0.39 is 12.6 Å². The van der Waals surface area contributed by atoms with Crippen LogP contribution in [0, 0.1) is 0 Å². The van der Waals surface area contributed by atoms with Crippen molar-refractivity contribution in [2.45, 2.75) is 62.4 Å². The molecule has 6 atom stereocenters. The molecule has 1 amide bonds. The lowest BCUT2D eigenvalue weighted by atomic mass is 9.86. The minimum atomic E-state index is -1.03. The van der Waals surface area contributed by atoms with E-state index in [-0.39, 0.29) is 36.7 Å². The first-order chi connectivity index (χ1) is 10.6. The van der Waals surface area contributed by atoms with E-state index in [0.717, 1.165) is 12.8 Å². The van der Waals surface area contributed by atoms with Gasteiger partial charge in [-0.05, 0) is 19.3 Å². The SMILES string of the molecule is CO[C@@H]1C(N)CC(NC(=O)CF)CC1OC1CCC(CN)O1. The number of ether oxygens (including phenoxy) is 3. The van der Waals surface area contributed by atoms with E-state index in [9.17, 15) is 9.18 Å². The minimum absolute atomic E-state index is 0.0188.